The van der Waals surface area contributed by atoms with Crippen molar-refractivity contribution in [3.05, 3.63) is 58.9 Å². The molecule has 0 bridgehead atoms. The highest BCUT2D eigenvalue weighted by molar-refractivity contribution is 6.33. The summed E-state index contributed by atoms with van der Waals surface area (Å²) in [4.78, 5) is 11.5. The third-order valence-corrected chi connectivity index (χ3v) is 5.17. The minimum Gasteiger partial charge on any atom is -0.361 e. The van der Waals surface area contributed by atoms with Crippen LogP contribution in [0.1, 0.15) is 11.1 Å². The SMILES string of the molecule is FC(F)(F)c1cnc(N2CCN(Cc3c[nH]c4ccccc34)CC2)c(Cl)c1. The fraction of sp³-hybridized carbons (Fsp3) is 0.316. The summed E-state index contributed by atoms with van der Waals surface area (Å²) >= 11 is 6.06. The van der Waals surface area contributed by atoms with Gasteiger partial charge in [-0.05, 0) is 17.7 Å². The van der Waals surface area contributed by atoms with E-state index in [4.69, 9.17) is 11.6 Å². The monoisotopic (exact) mass is 394 g/mol. The molecule has 3 heterocycles. The number of aromatic nitrogens is 2. The number of hydrogen-bond acceptors (Lipinski definition) is 3. The first-order valence-electron chi connectivity index (χ1n) is 8.67. The first-order chi connectivity index (χ1) is 12.9. The lowest BCUT2D eigenvalue weighted by Gasteiger charge is -2.35. The van der Waals surface area contributed by atoms with Crippen LogP contribution < -0.4 is 4.90 Å². The molecule has 0 radical (unpaired) electrons. The fourth-order valence-electron chi connectivity index (χ4n) is 3.44. The molecular weight excluding hydrogens is 377 g/mol. The summed E-state index contributed by atoms with van der Waals surface area (Å²) in [5, 5.41) is 1.25. The number of pyridine rings is 1. The molecule has 1 aliphatic heterocycles. The van der Waals surface area contributed by atoms with Gasteiger partial charge < -0.3 is 9.88 Å². The summed E-state index contributed by atoms with van der Waals surface area (Å²) in [6, 6.07) is 9.12. The van der Waals surface area contributed by atoms with Crippen molar-refractivity contribution in [3.63, 3.8) is 0 Å². The number of fused-ring (bicyclic) bond motifs is 1. The molecule has 142 valence electrons. The molecule has 0 aliphatic carbocycles. The minimum atomic E-state index is -4.44. The third-order valence-electron chi connectivity index (χ3n) is 4.89. The molecule has 2 aromatic heterocycles. The summed E-state index contributed by atoms with van der Waals surface area (Å²) in [5.74, 6) is 0.413. The van der Waals surface area contributed by atoms with Gasteiger partial charge in [-0.1, -0.05) is 29.8 Å². The van der Waals surface area contributed by atoms with Gasteiger partial charge in [0, 0.05) is 56.0 Å². The van der Waals surface area contributed by atoms with Gasteiger partial charge in [-0.3, -0.25) is 4.90 Å². The van der Waals surface area contributed by atoms with Gasteiger partial charge in [0.1, 0.15) is 5.82 Å². The van der Waals surface area contributed by atoms with Gasteiger partial charge in [0.2, 0.25) is 0 Å². The van der Waals surface area contributed by atoms with Crippen molar-refractivity contribution in [1.29, 1.82) is 0 Å². The highest BCUT2D eigenvalue weighted by Gasteiger charge is 2.32. The molecular formula is C19H18ClF3N4. The van der Waals surface area contributed by atoms with Crippen LogP contribution in [0.3, 0.4) is 0 Å². The van der Waals surface area contributed by atoms with Crippen LogP contribution in [0.5, 0.6) is 0 Å². The summed E-state index contributed by atoms with van der Waals surface area (Å²) in [5.41, 5.74) is 1.53. The van der Waals surface area contributed by atoms with Crippen molar-refractivity contribution < 1.29 is 13.2 Å². The van der Waals surface area contributed by atoms with E-state index in [0.29, 0.717) is 18.9 Å². The van der Waals surface area contributed by atoms with E-state index in [0.717, 1.165) is 37.4 Å². The van der Waals surface area contributed by atoms with Crippen LogP contribution in [0.4, 0.5) is 19.0 Å². The Morgan fingerprint density at radius 3 is 2.56 bits per heavy atom. The number of benzene rings is 1. The van der Waals surface area contributed by atoms with Crippen LogP contribution in [0, 0.1) is 0 Å². The van der Waals surface area contributed by atoms with Crippen molar-refractivity contribution in [3.8, 4) is 0 Å². The molecule has 0 atom stereocenters. The standard InChI is InChI=1S/C19H18ClF3N4/c20-16-9-14(19(21,22)23)11-25-18(16)27-7-5-26(6-8-27)12-13-10-24-17-4-2-1-3-15(13)17/h1-4,9-11,24H,5-8,12H2. The molecule has 0 unspecified atom stereocenters. The molecule has 0 amide bonds. The molecule has 1 saturated heterocycles. The largest absolute Gasteiger partial charge is 0.417 e. The minimum absolute atomic E-state index is 0.0369. The summed E-state index contributed by atoms with van der Waals surface area (Å²) in [6.07, 6.45) is -1.56. The van der Waals surface area contributed by atoms with Crippen molar-refractivity contribution in [2.75, 3.05) is 31.1 Å². The Kier molecular flexibility index (Phi) is 4.74. The lowest BCUT2D eigenvalue weighted by Crippen LogP contribution is -2.46. The number of hydrogen-bond donors (Lipinski definition) is 1. The molecule has 1 aromatic carbocycles. The lowest BCUT2D eigenvalue weighted by molar-refractivity contribution is -0.137. The predicted molar refractivity (Wildman–Crippen MR) is 100 cm³/mol. The van der Waals surface area contributed by atoms with Gasteiger partial charge in [-0.15, -0.1) is 0 Å². The Morgan fingerprint density at radius 2 is 1.85 bits per heavy atom. The number of anilines is 1. The normalized spacial score (nSPS) is 16.2. The quantitative estimate of drug-likeness (QED) is 0.707. The van der Waals surface area contributed by atoms with Gasteiger partial charge >= 0.3 is 6.18 Å². The van der Waals surface area contributed by atoms with Gasteiger partial charge in [0.15, 0.2) is 0 Å². The Morgan fingerprint density at radius 1 is 1.11 bits per heavy atom. The number of H-pyrrole nitrogens is 1. The number of piperazine rings is 1. The maximum absolute atomic E-state index is 12.8. The van der Waals surface area contributed by atoms with E-state index >= 15 is 0 Å². The number of para-hydroxylation sites is 1. The maximum atomic E-state index is 12.8. The van der Waals surface area contributed by atoms with E-state index in [1.165, 1.54) is 10.9 Å². The predicted octanol–water partition coefficient (Wildman–Crippen LogP) is 4.56. The van der Waals surface area contributed by atoms with Crippen molar-refractivity contribution in [1.82, 2.24) is 14.9 Å². The highest BCUT2D eigenvalue weighted by Crippen LogP contribution is 2.33. The molecule has 1 aliphatic rings. The van der Waals surface area contributed by atoms with Crippen LogP contribution in [0.2, 0.25) is 5.02 Å². The van der Waals surface area contributed by atoms with Crippen LogP contribution in [0.15, 0.2) is 42.7 Å². The van der Waals surface area contributed by atoms with Crippen molar-refractivity contribution >= 4 is 28.3 Å². The van der Waals surface area contributed by atoms with Gasteiger partial charge in [0.05, 0.1) is 10.6 Å². The zero-order chi connectivity index (χ0) is 19.0. The van der Waals surface area contributed by atoms with E-state index in [-0.39, 0.29) is 5.02 Å². The molecule has 1 N–H and O–H groups in total. The van der Waals surface area contributed by atoms with Gasteiger partial charge in [0.25, 0.3) is 0 Å². The second-order valence-electron chi connectivity index (χ2n) is 6.65. The Labute approximate surface area is 159 Å². The summed E-state index contributed by atoms with van der Waals surface area (Å²) in [7, 11) is 0. The fourth-order valence-corrected chi connectivity index (χ4v) is 3.73. The van der Waals surface area contributed by atoms with Crippen molar-refractivity contribution in [2.45, 2.75) is 12.7 Å². The van der Waals surface area contributed by atoms with E-state index in [2.05, 4.69) is 27.0 Å². The van der Waals surface area contributed by atoms with E-state index < -0.39 is 11.7 Å². The van der Waals surface area contributed by atoms with E-state index in [1.807, 2.05) is 23.2 Å². The number of aromatic amines is 1. The molecule has 4 rings (SSSR count). The molecule has 8 heteroatoms. The maximum Gasteiger partial charge on any atom is 0.417 e. The number of nitrogens with one attached hydrogen (secondary N) is 1. The third kappa shape index (κ3) is 3.75. The molecule has 27 heavy (non-hydrogen) atoms. The highest BCUT2D eigenvalue weighted by atomic mass is 35.5. The first-order valence-corrected chi connectivity index (χ1v) is 9.04. The zero-order valence-corrected chi connectivity index (χ0v) is 15.2. The molecule has 4 nitrogen and oxygen atoms in total. The zero-order valence-electron chi connectivity index (χ0n) is 14.4. The number of rotatable bonds is 3. The Bertz CT molecular complexity index is 946. The smallest absolute Gasteiger partial charge is 0.361 e. The average Bonchev–Trinajstić information content (AvgIpc) is 3.05. The number of halogens is 4. The van der Waals surface area contributed by atoms with Crippen LogP contribution >= 0.6 is 11.6 Å². The van der Waals surface area contributed by atoms with E-state index in [9.17, 15) is 13.2 Å². The summed E-state index contributed by atoms with van der Waals surface area (Å²) in [6.45, 7) is 3.74. The van der Waals surface area contributed by atoms with Crippen LogP contribution in [-0.4, -0.2) is 41.0 Å². The van der Waals surface area contributed by atoms with Crippen LogP contribution in [-0.2, 0) is 12.7 Å². The van der Waals surface area contributed by atoms with Gasteiger partial charge in [-0.25, -0.2) is 4.98 Å². The van der Waals surface area contributed by atoms with Gasteiger partial charge in [-0.2, -0.15) is 13.2 Å². The average molecular weight is 395 g/mol. The van der Waals surface area contributed by atoms with E-state index in [1.54, 1.807) is 0 Å². The number of nitrogens with zero attached hydrogens (tertiary/aromatic N) is 3. The second kappa shape index (κ2) is 7.05. The van der Waals surface area contributed by atoms with Crippen molar-refractivity contribution in [2.24, 2.45) is 0 Å². The van der Waals surface area contributed by atoms with Crippen LogP contribution in [0.25, 0.3) is 10.9 Å². The Balaban J connectivity index is 1.42. The second-order valence-corrected chi connectivity index (χ2v) is 7.06. The topological polar surface area (TPSA) is 35.2 Å². The molecule has 3 aromatic rings. The molecule has 0 spiro atoms. The molecule has 1 fully saturated rings. The first kappa shape index (κ1) is 18.1. The summed E-state index contributed by atoms with van der Waals surface area (Å²) < 4.78 is 38.3. The lowest BCUT2D eigenvalue weighted by atomic mass is 10.1. The molecule has 0 saturated carbocycles. The Hall–Kier alpha value is -2.25. The number of alkyl halides is 3.